The first-order valence-electron chi connectivity index (χ1n) is 5.71. The number of hydrogen-bond acceptors (Lipinski definition) is 3. The minimum absolute atomic E-state index is 0.136. The van der Waals surface area contributed by atoms with E-state index in [1.165, 1.54) is 12.7 Å². The van der Waals surface area contributed by atoms with Crippen LogP contribution in [-0.4, -0.2) is 26.5 Å². The Kier molecular flexibility index (Phi) is 4.18. The molecule has 0 saturated heterocycles. The van der Waals surface area contributed by atoms with Crippen molar-refractivity contribution in [3.63, 3.8) is 0 Å². The largest absolute Gasteiger partial charge is 0.327 e. The average Bonchev–Trinajstić information content (AvgIpc) is 1.98. The highest BCUT2D eigenvalue weighted by Crippen LogP contribution is 2.34. The Morgan fingerprint density at radius 1 is 1.20 bits per heavy atom. The van der Waals surface area contributed by atoms with Crippen LogP contribution in [-0.2, 0) is 9.84 Å². The predicted molar refractivity (Wildman–Crippen MR) is 63.4 cm³/mol. The number of rotatable bonds is 3. The van der Waals surface area contributed by atoms with Gasteiger partial charge in [-0.3, -0.25) is 0 Å². The molecule has 90 valence electrons. The molecule has 1 aliphatic rings. The summed E-state index contributed by atoms with van der Waals surface area (Å²) in [5.41, 5.74) is 5.98. The molecule has 0 amide bonds. The van der Waals surface area contributed by atoms with Crippen molar-refractivity contribution in [1.29, 1.82) is 0 Å². The van der Waals surface area contributed by atoms with Gasteiger partial charge in [0.25, 0.3) is 0 Å². The molecule has 1 rings (SSSR count). The van der Waals surface area contributed by atoms with E-state index in [2.05, 4.69) is 13.8 Å². The molecule has 0 radical (unpaired) electrons. The van der Waals surface area contributed by atoms with Gasteiger partial charge in [0.1, 0.15) is 9.84 Å². The van der Waals surface area contributed by atoms with E-state index in [9.17, 15) is 8.42 Å². The van der Waals surface area contributed by atoms with Gasteiger partial charge in [-0.15, -0.1) is 0 Å². The van der Waals surface area contributed by atoms with Crippen molar-refractivity contribution in [3.8, 4) is 0 Å². The molecule has 0 heterocycles. The van der Waals surface area contributed by atoms with E-state index in [1.54, 1.807) is 0 Å². The van der Waals surface area contributed by atoms with Crippen LogP contribution in [0, 0.1) is 17.8 Å². The zero-order valence-electron chi connectivity index (χ0n) is 9.94. The molecule has 1 saturated carbocycles. The molecule has 3 atom stereocenters. The topological polar surface area (TPSA) is 60.2 Å². The first-order chi connectivity index (χ1) is 6.78. The van der Waals surface area contributed by atoms with Crippen LogP contribution < -0.4 is 5.73 Å². The van der Waals surface area contributed by atoms with Crippen LogP contribution in [0.25, 0.3) is 0 Å². The fourth-order valence-corrected chi connectivity index (χ4v) is 3.82. The molecular formula is C11H23NO2S. The maximum absolute atomic E-state index is 11.2. The zero-order chi connectivity index (χ0) is 11.6. The van der Waals surface area contributed by atoms with E-state index in [-0.39, 0.29) is 11.8 Å². The van der Waals surface area contributed by atoms with Gasteiger partial charge < -0.3 is 5.73 Å². The first kappa shape index (κ1) is 13.0. The minimum atomic E-state index is -2.93. The summed E-state index contributed by atoms with van der Waals surface area (Å²) in [4.78, 5) is 0. The van der Waals surface area contributed by atoms with Crippen LogP contribution in [0.4, 0.5) is 0 Å². The number of sulfone groups is 1. The highest BCUT2D eigenvalue weighted by molar-refractivity contribution is 7.90. The highest BCUT2D eigenvalue weighted by atomic mass is 32.2. The van der Waals surface area contributed by atoms with Crippen molar-refractivity contribution < 1.29 is 8.42 Å². The third-order valence-corrected chi connectivity index (χ3v) is 4.31. The minimum Gasteiger partial charge on any atom is -0.327 e. The van der Waals surface area contributed by atoms with E-state index < -0.39 is 9.84 Å². The van der Waals surface area contributed by atoms with Crippen molar-refractivity contribution in [1.82, 2.24) is 0 Å². The lowest BCUT2D eigenvalue weighted by Gasteiger charge is -2.34. The third kappa shape index (κ3) is 4.51. The fourth-order valence-electron chi connectivity index (χ4n) is 2.84. The lowest BCUT2D eigenvalue weighted by molar-refractivity contribution is 0.199. The van der Waals surface area contributed by atoms with Gasteiger partial charge in [-0.1, -0.05) is 13.8 Å². The summed E-state index contributed by atoms with van der Waals surface area (Å²) >= 11 is 0. The molecule has 0 bridgehead atoms. The molecule has 3 unspecified atom stereocenters. The smallest absolute Gasteiger partial charge is 0.148 e. The summed E-state index contributed by atoms with van der Waals surface area (Å²) in [5, 5.41) is 0. The van der Waals surface area contributed by atoms with Crippen LogP contribution in [0.1, 0.15) is 33.1 Å². The van der Waals surface area contributed by atoms with E-state index >= 15 is 0 Å². The van der Waals surface area contributed by atoms with Crippen molar-refractivity contribution in [3.05, 3.63) is 0 Å². The first-order valence-corrected chi connectivity index (χ1v) is 7.77. The zero-order valence-corrected chi connectivity index (χ0v) is 10.8. The van der Waals surface area contributed by atoms with Crippen LogP contribution in [0.5, 0.6) is 0 Å². The quantitative estimate of drug-likeness (QED) is 0.802. The standard InChI is InChI=1S/C11H23NO2S/c1-8-4-9(2)6-10(5-8)11(12)7-15(3,13)14/h8-11H,4-7,12H2,1-3H3. The van der Waals surface area contributed by atoms with Gasteiger partial charge >= 0.3 is 0 Å². The van der Waals surface area contributed by atoms with Gasteiger partial charge in [0.2, 0.25) is 0 Å². The van der Waals surface area contributed by atoms with Crippen LogP contribution >= 0.6 is 0 Å². The molecule has 15 heavy (non-hydrogen) atoms. The van der Waals surface area contributed by atoms with Crippen LogP contribution in [0.3, 0.4) is 0 Å². The summed E-state index contributed by atoms with van der Waals surface area (Å²) in [6.07, 6.45) is 4.69. The molecular weight excluding hydrogens is 210 g/mol. The van der Waals surface area contributed by atoms with Gasteiger partial charge in [-0.2, -0.15) is 0 Å². The summed E-state index contributed by atoms with van der Waals surface area (Å²) in [5.74, 6) is 1.89. The van der Waals surface area contributed by atoms with E-state index in [1.807, 2.05) is 0 Å². The maximum atomic E-state index is 11.2. The Bertz CT molecular complexity index is 290. The van der Waals surface area contributed by atoms with E-state index in [4.69, 9.17) is 5.73 Å². The third-order valence-electron chi connectivity index (χ3n) is 3.32. The van der Waals surface area contributed by atoms with E-state index in [0.717, 1.165) is 12.8 Å². The highest BCUT2D eigenvalue weighted by Gasteiger charge is 2.29. The van der Waals surface area contributed by atoms with Gasteiger partial charge in [0, 0.05) is 12.3 Å². The van der Waals surface area contributed by atoms with Crippen molar-refractivity contribution in [2.24, 2.45) is 23.5 Å². The summed E-state index contributed by atoms with van der Waals surface area (Å²) in [7, 11) is -2.93. The van der Waals surface area contributed by atoms with Crippen LogP contribution in [0.15, 0.2) is 0 Å². The lowest BCUT2D eigenvalue weighted by Crippen LogP contribution is -2.40. The SMILES string of the molecule is CC1CC(C)CC(C(N)CS(C)(=O)=O)C1. The monoisotopic (exact) mass is 233 g/mol. The Hall–Kier alpha value is -0.0900. The molecule has 1 fully saturated rings. The predicted octanol–water partition coefficient (Wildman–Crippen LogP) is 1.43. The molecule has 1 aliphatic carbocycles. The van der Waals surface area contributed by atoms with Crippen molar-refractivity contribution in [2.75, 3.05) is 12.0 Å². The molecule has 3 nitrogen and oxygen atoms in total. The number of nitrogens with two attached hydrogens (primary N) is 1. The molecule has 0 aromatic rings. The molecule has 4 heteroatoms. The summed E-state index contributed by atoms with van der Waals surface area (Å²) < 4.78 is 22.3. The normalized spacial score (nSPS) is 35.1. The summed E-state index contributed by atoms with van der Waals surface area (Å²) in [6, 6.07) is -0.176. The van der Waals surface area contributed by atoms with Gasteiger partial charge in [-0.25, -0.2) is 8.42 Å². The Balaban J connectivity index is 2.55. The van der Waals surface area contributed by atoms with Gasteiger partial charge in [0.05, 0.1) is 5.75 Å². The van der Waals surface area contributed by atoms with Crippen molar-refractivity contribution in [2.45, 2.75) is 39.2 Å². The average molecular weight is 233 g/mol. The second-order valence-electron chi connectivity index (χ2n) is 5.43. The second-order valence-corrected chi connectivity index (χ2v) is 7.62. The Morgan fingerprint density at radius 2 is 1.67 bits per heavy atom. The second kappa shape index (κ2) is 4.83. The molecule has 0 aromatic heterocycles. The summed E-state index contributed by atoms with van der Waals surface area (Å²) in [6.45, 7) is 4.46. The molecule has 0 aromatic carbocycles. The number of hydrogen-bond donors (Lipinski definition) is 1. The Labute approximate surface area is 93.3 Å². The Morgan fingerprint density at radius 3 is 2.07 bits per heavy atom. The van der Waals surface area contributed by atoms with Gasteiger partial charge in [-0.05, 0) is 37.0 Å². The van der Waals surface area contributed by atoms with Crippen LogP contribution in [0.2, 0.25) is 0 Å². The molecule has 0 spiro atoms. The fraction of sp³-hybridized carbons (Fsp3) is 1.00. The molecule has 0 aliphatic heterocycles. The molecule has 2 N–H and O–H groups in total. The van der Waals surface area contributed by atoms with E-state index in [0.29, 0.717) is 17.8 Å². The lowest BCUT2D eigenvalue weighted by atomic mass is 9.74. The van der Waals surface area contributed by atoms with Gasteiger partial charge in [0.15, 0.2) is 0 Å². The maximum Gasteiger partial charge on any atom is 0.148 e. The van der Waals surface area contributed by atoms with Crippen molar-refractivity contribution >= 4 is 9.84 Å².